The summed E-state index contributed by atoms with van der Waals surface area (Å²) in [5.74, 6) is 0. The minimum absolute atomic E-state index is 0.205. The summed E-state index contributed by atoms with van der Waals surface area (Å²) in [6.45, 7) is 5.02. The molecule has 2 aliphatic rings. The summed E-state index contributed by atoms with van der Waals surface area (Å²) in [7, 11) is 0. The summed E-state index contributed by atoms with van der Waals surface area (Å²) in [5.41, 5.74) is 15.6. The lowest BCUT2D eigenvalue weighted by Crippen LogP contribution is -2.65. The van der Waals surface area contributed by atoms with E-state index in [0.29, 0.717) is 0 Å². The molecule has 0 spiro atoms. The average Bonchev–Trinajstić information content (AvgIpc) is 3.15. The molecule has 5 aromatic rings. The summed E-state index contributed by atoms with van der Waals surface area (Å²) in [6, 6.07) is 44.5. The highest BCUT2D eigenvalue weighted by Gasteiger charge is 2.43. The van der Waals surface area contributed by atoms with Gasteiger partial charge in [0.25, 0.3) is 0 Å². The van der Waals surface area contributed by atoms with Crippen LogP contribution in [0.2, 0.25) is 0 Å². The number of rotatable bonds is 16. The first kappa shape index (κ1) is 33.5. The van der Waals surface area contributed by atoms with Gasteiger partial charge < -0.3 is 4.90 Å². The Labute approximate surface area is 297 Å². The maximum absolute atomic E-state index is 2.64. The lowest BCUT2D eigenvalue weighted by molar-refractivity contribution is 0.607. The zero-order valence-electron chi connectivity index (χ0n) is 30.0. The van der Waals surface area contributed by atoms with Crippen LogP contribution >= 0.6 is 0 Å². The van der Waals surface area contributed by atoms with Crippen LogP contribution in [0.5, 0.6) is 0 Å². The summed E-state index contributed by atoms with van der Waals surface area (Å²) in [4.78, 5) is 2.64. The predicted octanol–water partition coefficient (Wildman–Crippen LogP) is 8.62. The molecule has 0 atom stereocenters. The van der Waals surface area contributed by atoms with Crippen molar-refractivity contribution < 1.29 is 0 Å². The maximum Gasteiger partial charge on any atom is 0.246 e. The molecule has 0 radical (unpaired) electrons. The van der Waals surface area contributed by atoms with Crippen molar-refractivity contribution in [3.63, 3.8) is 0 Å². The number of hydrogen-bond donors (Lipinski definition) is 0. The number of benzene rings is 5. The fourth-order valence-electron chi connectivity index (χ4n) is 8.65. The van der Waals surface area contributed by atoms with Gasteiger partial charge in [0.1, 0.15) is 0 Å². The molecule has 0 N–H and O–H groups in total. The van der Waals surface area contributed by atoms with E-state index in [1.54, 1.807) is 0 Å². The summed E-state index contributed by atoms with van der Waals surface area (Å²) < 4.78 is 0. The van der Waals surface area contributed by atoms with E-state index in [4.69, 9.17) is 0 Å². The van der Waals surface area contributed by atoms with Crippen LogP contribution in [-0.4, -0.2) is 13.4 Å². The summed E-state index contributed by atoms with van der Waals surface area (Å²) >= 11 is 0. The largest absolute Gasteiger partial charge is 0.313 e. The van der Waals surface area contributed by atoms with Gasteiger partial charge >= 0.3 is 0 Å². The molecule has 0 aromatic heterocycles. The van der Waals surface area contributed by atoms with E-state index >= 15 is 0 Å². The Hall–Kier alpha value is -3.97. The molecule has 1 nitrogen and oxygen atoms in total. The molecule has 3 heteroatoms. The monoisotopic (exact) mass is 641 g/mol. The molecule has 5 aromatic carbocycles. The molecule has 0 unspecified atom stereocenters. The van der Waals surface area contributed by atoms with Crippen molar-refractivity contribution >= 4 is 63.3 Å². The fraction of sp³-hybridized carbons (Fsp3) is 0.348. The summed E-state index contributed by atoms with van der Waals surface area (Å²) in [5, 5.41) is 0. The average molecular weight is 642 g/mol. The van der Waals surface area contributed by atoms with E-state index in [9.17, 15) is 0 Å². The molecular weight excluding hydrogens is 588 g/mol. The number of anilines is 3. The van der Waals surface area contributed by atoms with Gasteiger partial charge in [-0.2, -0.15) is 0 Å². The molecule has 2 heterocycles. The van der Waals surface area contributed by atoms with Gasteiger partial charge in [0.2, 0.25) is 13.4 Å². The third kappa shape index (κ3) is 7.19. The second-order valence-electron chi connectivity index (χ2n) is 14.6. The van der Waals surface area contributed by atoms with Crippen LogP contribution in [0.4, 0.5) is 17.1 Å². The van der Waals surface area contributed by atoms with Crippen LogP contribution in [0, 0.1) is 0 Å². The number of hydrogen-bond acceptors (Lipinski definition) is 1. The van der Waals surface area contributed by atoms with Crippen LogP contribution in [-0.2, 0) is 12.8 Å². The van der Waals surface area contributed by atoms with E-state index < -0.39 is 0 Å². The highest BCUT2D eigenvalue weighted by Crippen LogP contribution is 2.38. The van der Waals surface area contributed by atoms with Gasteiger partial charge in [-0.15, -0.1) is 0 Å². The van der Waals surface area contributed by atoms with E-state index in [-0.39, 0.29) is 13.4 Å². The van der Waals surface area contributed by atoms with Gasteiger partial charge in [-0.1, -0.05) is 192 Å². The van der Waals surface area contributed by atoms with Crippen molar-refractivity contribution in [3.8, 4) is 0 Å². The Morgan fingerprint density at radius 1 is 0.408 bits per heavy atom. The van der Waals surface area contributed by atoms with Gasteiger partial charge in [-0.3, -0.25) is 0 Å². The highest BCUT2D eigenvalue weighted by atomic mass is 15.2. The second-order valence-corrected chi connectivity index (χ2v) is 14.6. The number of para-hydroxylation sites is 1. The van der Waals surface area contributed by atoms with Crippen molar-refractivity contribution in [1.29, 1.82) is 0 Å². The smallest absolute Gasteiger partial charge is 0.246 e. The number of nitrogens with zero attached hydrogens (tertiary/aromatic N) is 1. The molecule has 0 saturated carbocycles. The topological polar surface area (TPSA) is 3.24 Å². The molecule has 0 aliphatic carbocycles. The van der Waals surface area contributed by atoms with Gasteiger partial charge in [0.15, 0.2) is 0 Å². The zero-order chi connectivity index (χ0) is 33.4. The van der Waals surface area contributed by atoms with Crippen LogP contribution in [0.1, 0.15) is 102 Å². The van der Waals surface area contributed by atoms with Crippen molar-refractivity contribution in [2.24, 2.45) is 0 Å². The molecular formula is C46H53B2N. The quantitative estimate of drug-likeness (QED) is 0.0755. The third-order valence-corrected chi connectivity index (χ3v) is 11.1. The van der Waals surface area contributed by atoms with Crippen LogP contribution in [0.3, 0.4) is 0 Å². The highest BCUT2D eigenvalue weighted by molar-refractivity contribution is 7.02. The number of unbranched alkanes of at least 4 members (excludes halogenated alkanes) is 10. The minimum atomic E-state index is 0.205. The Bertz CT molecular complexity index is 1810. The number of aryl methyl sites for hydroxylation is 2. The van der Waals surface area contributed by atoms with Crippen molar-refractivity contribution in [2.45, 2.75) is 104 Å². The fourth-order valence-corrected chi connectivity index (χ4v) is 8.65. The summed E-state index contributed by atoms with van der Waals surface area (Å²) in [6.07, 6.45) is 18.2. The first-order valence-electron chi connectivity index (χ1n) is 19.6. The Morgan fingerprint density at radius 2 is 0.878 bits per heavy atom. The van der Waals surface area contributed by atoms with Gasteiger partial charge in [0.05, 0.1) is 0 Å². The SMILES string of the molecule is CCCCCCCCc1ccc2c(c1)B(c1ccccc1)c1cc(CCCCCCCC)cc3c1N2c1ccccc1B3c1ccccc1. The third-order valence-electron chi connectivity index (χ3n) is 11.1. The number of fused-ring (bicyclic) bond motifs is 4. The van der Waals surface area contributed by atoms with Gasteiger partial charge in [-0.25, -0.2) is 0 Å². The van der Waals surface area contributed by atoms with E-state index in [0.717, 1.165) is 12.8 Å². The molecule has 0 saturated heterocycles. The second kappa shape index (κ2) is 16.2. The van der Waals surface area contributed by atoms with Crippen LogP contribution in [0.25, 0.3) is 0 Å². The lowest BCUT2D eigenvalue weighted by Gasteiger charge is -2.44. The Morgan fingerprint density at radius 3 is 1.49 bits per heavy atom. The van der Waals surface area contributed by atoms with E-state index in [1.165, 1.54) is 138 Å². The van der Waals surface area contributed by atoms with Crippen molar-refractivity contribution in [1.82, 2.24) is 0 Å². The van der Waals surface area contributed by atoms with Crippen molar-refractivity contribution in [3.05, 3.63) is 126 Å². The van der Waals surface area contributed by atoms with E-state index in [2.05, 4.69) is 134 Å². The first-order chi connectivity index (χ1) is 24.3. The lowest BCUT2D eigenvalue weighted by atomic mass is 9.30. The molecule has 0 fully saturated rings. The normalized spacial score (nSPS) is 12.9. The molecule has 49 heavy (non-hydrogen) atoms. The van der Waals surface area contributed by atoms with Crippen LogP contribution < -0.4 is 37.7 Å². The Balaban J connectivity index is 1.36. The van der Waals surface area contributed by atoms with Crippen molar-refractivity contribution in [2.75, 3.05) is 4.90 Å². The molecule has 248 valence electrons. The van der Waals surface area contributed by atoms with Crippen LogP contribution in [0.15, 0.2) is 115 Å². The molecule has 0 bridgehead atoms. The zero-order valence-corrected chi connectivity index (χ0v) is 30.0. The minimum Gasteiger partial charge on any atom is -0.313 e. The Kier molecular flexibility index (Phi) is 11.1. The standard InChI is InChI=1S/C46H53B2N/c1-3-5-7-9-11-15-23-36-31-32-45-41(33-36)48(39-27-19-14-20-28-39)43-35-37(24-16-12-10-8-6-4-2)34-42-46(43)49(45)44-30-22-21-29-40(44)47(42)38-25-17-13-18-26-38/h13-14,17-22,25-35H,3-12,15-16,23-24H2,1-2H3. The van der Waals surface area contributed by atoms with Gasteiger partial charge in [0, 0.05) is 17.1 Å². The maximum atomic E-state index is 2.64. The van der Waals surface area contributed by atoms with E-state index in [1.807, 2.05) is 0 Å². The molecule has 0 amide bonds. The molecule has 2 aliphatic heterocycles. The van der Waals surface area contributed by atoms with Gasteiger partial charge in [-0.05, 0) is 70.8 Å². The molecule has 7 rings (SSSR count). The first-order valence-corrected chi connectivity index (χ1v) is 19.6. The predicted molar refractivity (Wildman–Crippen MR) is 217 cm³/mol.